The van der Waals surface area contributed by atoms with Crippen molar-refractivity contribution in [3.8, 4) is 0 Å². The number of nitrogens with two attached hydrogens (primary N) is 1. The Balaban J connectivity index is 2.19. The average molecular weight is 254 g/mol. The number of thiophene rings is 1. The zero-order chi connectivity index (χ0) is 12.3. The van der Waals surface area contributed by atoms with Gasteiger partial charge < -0.3 is 10.5 Å². The van der Waals surface area contributed by atoms with E-state index in [9.17, 15) is 0 Å². The van der Waals surface area contributed by atoms with Gasteiger partial charge in [-0.15, -0.1) is 11.3 Å². The van der Waals surface area contributed by atoms with Crippen LogP contribution in [0.15, 0.2) is 11.4 Å². The molecule has 2 rings (SSSR count). The number of hydrogen-bond acceptors (Lipinski definition) is 4. The summed E-state index contributed by atoms with van der Waals surface area (Å²) in [6, 6.07) is 2.69. The van der Waals surface area contributed by atoms with Crippen LogP contribution in [0.3, 0.4) is 0 Å². The predicted octanol–water partition coefficient (Wildman–Crippen LogP) is 2.17. The van der Waals surface area contributed by atoms with Crippen LogP contribution in [0.4, 0.5) is 0 Å². The van der Waals surface area contributed by atoms with E-state index in [4.69, 9.17) is 10.5 Å². The molecule has 0 saturated carbocycles. The molecule has 17 heavy (non-hydrogen) atoms. The van der Waals surface area contributed by atoms with E-state index < -0.39 is 0 Å². The standard InChI is InChI=1S/C13H22N2OS/c1-10-4-9-17-13(10)12(11(2)14)15-5-3-7-16-8-6-15/h4,9,11-12H,3,5-8,14H2,1-2H3. The quantitative estimate of drug-likeness (QED) is 0.898. The molecule has 1 aliphatic heterocycles. The lowest BCUT2D eigenvalue weighted by Gasteiger charge is -2.32. The van der Waals surface area contributed by atoms with E-state index >= 15 is 0 Å². The molecule has 3 nitrogen and oxygen atoms in total. The smallest absolute Gasteiger partial charge is 0.0594 e. The van der Waals surface area contributed by atoms with Crippen molar-refractivity contribution in [1.29, 1.82) is 0 Å². The third kappa shape index (κ3) is 3.07. The molecule has 1 aromatic rings. The number of rotatable bonds is 3. The van der Waals surface area contributed by atoms with Crippen molar-refractivity contribution in [1.82, 2.24) is 4.90 Å². The minimum atomic E-state index is 0.158. The van der Waals surface area contributed by atoms with E-state index in [-0.39, 0.29) is 6.04 Å². The largest absolute Gasteiger partial charge is 0.380 e. The van der Waals surface area contributed by atoms with Crippen molar-refractivity contribution in [2.45, 2.75) is 32.4 Å². The highest BCUT2D eigenvalue weighted by molar-refractivity contribution is 7.10. The van der Waals surface area contributed by atoms with Crippen molar-refractivity contribution in [3.05, 3.63) is 21.9 Å². The Labute approximate surface area is 108 Å². The van der Waals surface area contributed by atoms with Gasteiger partial charge in [0.1, 0.15) is 0 Å². The Hall–Kier alpha value is -0.420. The highest BCUT2D eigenvalue weighted by atomic mass is 32.1. The van der Waals surface area contributed by atoms with Gasteiger partial charge in [0.05, 0.1) is 12.6 Å². The van der Waals surface area contributed by atoms with Gasteiger partial charge in [-0.25, -0.2) is 0 Å². The number of hydrogen-bond donors (Lipinski definition) is 1. The molecule has 2 heterocycles. The summed E-state index contributed by atoms with van der Waals surface area (Å²) < 4.78 is 5.52. The number of nitrogens with zero attached hydrogens (tertiary/aromatic N) is 1. The maximum Gasteiger partial charge on any atom is 0.0594 e. The molecule has 0 bridgehead atoms. The zero-order valence-corrected chi connectivity index (χ0v) is 11.5. The van der Waals surface area contributed by atoms with Gasteiger partial charge in [0.2, 0.25) is 0 Å². The minimum Gasteiger partial charge on any atom is -0.380 e. The molecular formula is C13H22N2OS. The van der Waals surface area contributed by atoms with Crippen LogP contribution in [0.1, 0.15) is 29.8 Å². The van der Waals surface area contributed by atoms with Crippen molar-refractivity contribution >= 4 is 11.3 Å². The Kier molecular flexibility index (Phi) is 4.56. The first-order chi connectivity index (χ1) is 8.20. The van der Waals surface area contributed by atoms with Crippen LogP contribution in [0.25, 0.3) is 0 Å². The molecule has 2 atom stereocenters. The van der Waals surface area contributed by atoms with Crippen LogP contribution in [-0.2, 0) is 4.74 Å². The Morgan fingerprint density at radius 1 is 1.41 bits per heavy atom. The van der Waals surface area contributed by atoms with E-state index in [1.807, 2.05) is 11.3 Å². The first-order valence-corrected chi connectivity index (χ1v) is 7.19. The third-order valence-corrected chi connectivity index (χ3v) is 4.41. The SMILES string of the molecule is Cc1ccsc1C(C(C)N)N1CCCOCC1. The molecule has 2 unspecified atom stereocenters. The van der Waals surface area contributed by atoms with Gasteiger partial charge in [-0.1, -0.05) is 0 Å². The molecule has 1 aliphatic rings. The number of aryl methyl sites for hydroxylation is 1. The molecule has 4 heteroatoms. The fourth-order valence-corrected chi connectivity index (χ4v) is 3.64. The van der Waals surface area contributed by atoms with Gasteiger partial charge >= 0.3 is 0 Å². The summed E-state index contributed by atoms with van der Waals surface area (Å²) >= 11 is 1.82. The summed E-state index contributed by atoms with van der Waals surface area (Å²) in [6.07, 6.45) is 1.10. The highest BCUT2D eigenvalue weighted by Crippen LogP contribution is 2.31. The van der Waals surface area contributed by atoms with Gasteiger partial charge in [0, 0.05) is 30.6 Å². The van der Waals surface area contributed by atoms with Gasteiger partial charge in [-0.05, 0) is 37.3 Å². The highest BCUT2D eigenvalue weighted by Gasteiger charge is 2.26. The van der Waals surface area contributed by atoms with E-state index in [1.54, 1.807) is 0 Å². The first kappa shape index (κ1) is 13.0. The lowest BCUT2D eigenvalue weighted by atomic mass is 10.0. The van der Waals surface area contributed by atoms with Crippen LogP contribution >= 0.6 is 11.3 Å². The summed E-state index contributed by atoms with van der Waals surface area (Å²) in [4.78, 5) is 3.90. The zero-order valence-electron chi connectivity index (χ0n) is 10.7. The molecule has 0 aromatic carbocycles. The average Bonchev–Trinajstić information content (AvgIpc) is 2.55. The van der Waals surface area contributed by atoms with E-state index in [0.717, 1.165) is 32.7 Å². The second kappa shape index (κ2) is 5.96. The van der Waals surface area contributed by atoms with Gasteiger partial charge in [0.15, 0.2) is 0 Å². The number of ether oxygens (including phenoxy) is 1. The molecule has 1 fully saturated rings. The van der Waals surface area contributed by atoms with E-state index in [2.05, 4.69) is 30.2 Å². The van der Waals surface area contributed by atoms with Crippen molar-refractivity contribution in [2.24, 2.45) is 5.73 Å². The monoisotopic (exact) mass is 254 g/mol. The second-order valence-corrected chi connectivity index (χ2v) is 5.72. The summed E-state index contributed by atoms with van der Waals surface area (Å²) in [6.45, 7) is 8.07. The normalized spacial score (nSPS) is 22.1. The first-order valence-electron chi connectivity index (χ1n) is 6.31. The Morgan fingerprint density at radius 3 is 2.88 bits per heavy atom. The van der Waals surface area contributed by atoms with Gasteiger partial charge in [-0.2, -0.15) is 0 Å². The molecule has 96 valence electrons. The lowest BCUT2D eigenvalue weighted by molar-refractivity contribution is 0.127. The molecule has 0 amide bonds. The molecule has 1 saturated heterocycles. The molecule has 2 N–H and O–H groups in total. The fourth-order valence-electron chi connectivity index (χ4n) is 2.47. The Bertz CT molecular complexity index is 343. The predicted molar refractivity (Wildman–Crippen MR) is 72.5 cm³/mol. The second-order valence-electron chi connectivity index (χ2n) is 4.77. The molecular weight excluding hydrogens is 232 g/mol. The van der Waals surface area contributed by atoms with Crippen LogP contribution < -0.4 is 5.73 Å². The summed E-state index contributed by atoms with van der Waals surface area (Å²) in [7, 11) is 0. The lowest BCUT2D eigenvalue weighted by Crippen LogP contribution is -2.40. The van der Waals surface area contributed by atoms with E-state index in [1.165, 1.54) is 10.4 Å². The molecule has 0 radical (unpaired) electrons. The molecule has 0 aliphatic carbocycles. The summed E-state index contributed by atoms with van der Waals surface area (Å²) in [5, 5.41) is 2.16. The summed E-state index contributed by atoms with van der Waals surface area (Å²) in [5.74, 6) is 0. The topological polar surface area (TPSA) is 38.5 Å². The Morgan fingerprint density at radius 2 is 2.24 bits per heavy atom. The molecule has 1 aromatic heterocycles. The van der Waals surface area contributed by atoms with Crippen LogP contribution in [0.5, 0.6) is 0 Å². The summed E-state index contributed by atoms with van der Waals surface area (Å²) in [5.41, 5.74) is 7.57. The van der Waals surface area contributed by atoms with Crippen LogP contribution in [0, 0.1) is 6.92 Å². The van der Waals surface area contributed by atoms with Gasteiger partial charge in [-0.3, -0.25) is 4.90 Å². The maximum absolute atomic E-state index is 6.20. The third-order valence-electron chi connectivity index (χ3n) is 3.32. The maximum atomic E-state index is 6.20. The van der Waals surface area contributed by atoms with Crippen molar-refractivity contribution < 1.29 is 4.74 Å². The minimum absolute atomic E-state index is 0.158. The van der Waals surface area contributed by atoms with E-state index in [0.29, 0.717) is 6.04 Å². The van der Waals surface area contributed by atoms with Crippen LogP contribution in [0.2, 0.25) is 0 Å². The van der Waals surface area contributed by atoms with Gasteiger partial charge in [0.25, 0.3) is 0 Å². The van der Waals surface area contributed by atoms with Crippen molar-refractivity contribution in [3.63, 3.8) is 0 Å². The molecule has 0 spiro atoms. The van der Waals surface area contributed by atoms with Crippen molar-refractivity contribution in [2.75, 3.05) is 26.3 Å². The fraction of sp³-hybridized carbons (Fsp3) is 0.692. The van der Waals surface area contributed by atoms with Crippen LogP contribution in [-0.4, -0.2) is 37.2 Å².